The van der Waals surface area contributed by atoms with E-state index in [-0.39, 0.29) is 12.5 Å². The van der Waals surface area contributed by atoms with Gasteiger partial charge < -0.3 is 10.4 Å². The largest absolute Gasteiger partial charge is 0.396 e. The molecule has 114 valence electrons. The summed E-state index contributed by atoms with van der Waals surface area (Å²) in [6, 6.07) is 2.03. The van der Waals surface area contributed by atoms with Crippen LogP contribution in [0.15, 0.2) is 6.07 Å². The van der Waals surface area contributed by atoms with Crippen LogP contribution in [0.4, 0.5) is 0 Å². The summed E-state index contributed by atoms with van der Waals surface area (Å²) in [4.78, 5) is 14.2. The van der Waals surface area contributed by atoms with Crippen molar-refractivity contribution in [3.05, 3.63) is 21.4 Å². The van der Waals surface area contributed by atoms with E-state index < -0.39 is 0 Å². The van der Waals surface area contributed by atoms with E-state index in [0.717, 1.165) is 37.0 Å². The monoisotopic (exact) mass is 297 g/mol. The van der Waals surface area contributed by atoms with Crippen molar-refractivity contribution in [2.75, 3.05) is 13.2 Å². The van der Waals surface area contributed by atoms with Gasteiger partial charge in [0, 0.05) is 18.0 Å². The topological polar surface area (TPSA) is 49.3 Å². The molecule has 0 fully saturated rings. The number of nitrogens with one attached hydrogen (secondary N) is 1. The summed E-state index contributed by atoms with van der Waals surface area (Å²) in [7, 11) is 0. The fourth-order valence-electron chi connectivity index (χ4n) is 2.41. The third kappa shape index (κ3) is 5.25. The van der Waals surface area contributed by atoms with E-state index in [0.29, 0.717) is 12.5 Å². The second-order valence-corrected chi connectivity index (χ2v) is 6.58. The van der Waals surface area contributed by atoms with Gasteiger partial charge in [-0.05, 0) is 43.7 Å². The van der Waals surface area contributed by atoms with Gasteiger partial charge in [0.25, 0.3) is 5.91 Å². The molecule has 0 spiro atoms. The van der Waals surface area contributed by atoms with Crippen LogP contribution < -0.4 is 5.32 Å². The molecule has 0 saturated heterocycles. The van der Waals surface area contributed by atoms with Crippen molar-refractivity contribution in [3.8, 4) is 0 Å². The second kappa shape index (κ2) is 9.14. The molecular weight excluding hydrogens is 270 g/mol. The second-order valence-electron chi connectivity index (χ2n) is 5.32. The van der Waals surface area contributed by atoms with E-state index in [1.807, 2.05) is 6.07 Å². The summed E-state index contributed by atoms with van der Waals surface area (Å²) >= 11 is 1.58. The minimum Gasteiger partial charge on any atom is -0.396 e. The van der Waals surface area contributed by atoms with Crippen molar-refractivity contribution in [1.82, 2.24) is 5.32 Å². The van der Waals surface area contributed by atoms with Crippen LogP contribution in [0.2, 0.25) is 0 Å². The number of amides is 1. The van der Waals surface area contributed by atoms with Crippen LogP contribution in [0.1, 0.15) is 59.6 Å². The summed E-state index contributed by atoms with van der Waals surface area (Å²) in [5.41, 5.74) is 1.29. The molecule has 1 atom stereocenters. The average molecular weight is 297 g/mol. The van der Waals surface area contributed by atoms with Gasteiger partial charge in [0.2, 0.25) is 0 Å². The first-order valence-corrected chi connectivity index (χ1v) is 8.42. The minimum absolute atomic E-state index is 0.0273. The molecule has 1 rings (SSSR count). The molecule has 0 bridgehead atoms. The standard InChI is InChI=1S/C16H27NO2S/c1-4-6-13(8-9-18)11-17-16(19)15-10-14(7-5-2)12(3)20-15/h10,13,18H,4-9,11H2,1-3H3,(H,17,19). The first-order valence-electron chi connectivity index (χ1n) is 7.60. The van der Waals surface area contributed by atoms with Crippen LogP contribution in [0.5, 0.6) is 0 Å². The molecule has 2 N–H and O–H groups in total. The Morgan fingerprint density at radius 2 is 2.10 bits per heavy atom. The molecule has 20 heavy (non-hydrogen) atoms. The Bertz CT molecular complexity index is 409. The highest BCUT2D eigenvalue weighted by molar-refractivity contribution is 7.14. The van der Waals surface area contributed by atoms with Crippen LogP contribution in [0.25, 0.3) is 0 Å². The molecular formula is C16H27NO2S. The number of carbonyl (C=O) groups excluding carboxylic acids is 1. The number of aryl methyl sites for hydroxylation is 2. The molecule has 3 nitrogen and oxygen atoms in total. The molecule has 1 aromatic heterocycles. The Morgan fingerprint density at radius 1 is 1.35 bits per heavy atom. The van der Waals surface area contributed by atoms with Crippen LogP contribution in [-0.2, 0) is 6.42 Å². The molecule has 4 heteroatoms. The predicted molar refractivity (Wildman–Crippen MR) is 85.5 cm³/mol. The van der Waals surface area contributed by atoms with E-state index in [1.54, 1.807) is 11.3 Å². The normalized spacial score (nSPS) is 12.4. The van der Waals surface area contributed by atoms with E-state index in [1.165, 1.54) is 10.4 Å². The van der Waals surface area contributed by atoms with Crippen LogP contribution in [0, 0.1) is 12.8 Å². The van der Waals surface area contributed by atoms with E-state index in [2.05, 4.69) is 26.1 Å². The number of hydrogen-bond acceptors (Lipinski definition) is 3. The molecule has 0 aliphatic carbocycles. The zero-order chi connectivity index (χ0) is 15.0. The Labute approximate surface area is 126 Å². The zero-order valence-corrected chi connectivity index (χ0v) is 13.7. The lowest BCUT2D eigenvalue weighted by molar-refractivity contribution is 0.0947. The SMILES string of the molecule is CCCc1cc(C(=O)NCC(CCC)CCO)sc1C. The van der Waals surface area contributed by atoms with E-state index in [9.17, 15) is 4.79 Å². The lowest BCUT2D eigenvalue weighted by Crippen LogP contribution is -2.29. The Balaban J connectivity index is 2.55. The van der Waals surface area contributed by atoms with Crippen LogP contribution in [0.3, 0.4) is 0 Å². The van der Waals surface area contributed by atoms with Gasteiger partial charge in [-0.25, -0.2) is 0 Å². The number of hydrogen-bond donors (Lipinski definition) is 2. The Hall–Kier alpha value is -0.870. The molecule has 0 aliphatic rings. The molecule has 1 amide bonds. The maximum atomic E-state index is 12.2. The number of aliphatic hydroxyl groups excluding tert-OH is 1. The number of thiophene rings is 1. The fraction of sp³-hybridized carbons (Fsp3) is 0.688. The van der Waals surface area contributed by atoms with Crippen LogP contribution in [-0.4, -0.2) is 24.2 Å². The van der Waals surface area contributed by atoms with Crippen molar-refractivity contribution in [3.63, 3.8) is 0 Å². The highest BCUT2D eigenvalue weighted by atomic mass is 32.1. The highest BCUT2D eigenvalue weighted by Gasteiger charge is 2.14. The number of rotatable bonds is 9. The van der Waals surface area contributed by atoms with E-state index >= 15 is 0 Å². The first-order chi connectivity index (χ1) is 9.62. The lowest BCUT2D eigenvalue weighted by Gasteiger charge is -2.15. The lowest BCUT2D eigenvalue weighted by atomic mass is 10.0. The maximum Gasteiger partial charge on any atom is 0.261 e. The third-order valence-electron chi connectivity index (χ3n) is 3.55. The molecule has 0 aliphatic heterocycles. The summed E-state index contributed by atoms with van der Waals surface area (Å²) in [6.45, 7) is 7.22. The average Bonchev–Trinajstić information content (AvgIpc) is 2.78. The summed E-state index contributed by atoms with van der Waals surface area (Å²) in [5, 5.41) is 12.0. The van der Waals surface area contributed by atoms with Crippen molar-refractivity contribution < 1.29 is 9.90 Å². The van der Waals surface area contributed by atoms with E-state index in [4.69, 9.17) is 5.11 Å². The Morgan fingerprint density at radius 3 is 2.70 bits per heavy atom. The van der Waals surface area contributed by atoms with Gasteiger partial charge in [0.05, 0.1) is 4.88 Å². The van der Waals surface area contributed by atoms with Gasteiger partial charge in [-0.3, -0.25) is 4.79 Å². The van der Waals surface area contributed by atoms with Gasteiger partial charge in [0.1, 0.15) is 0 Å². The van der Waals surface area contributed by atoms with Crippen molar-refractivity contribution in [2.24, 2.45) is 5.92 Å². The van der Waals surface area contributed by atoms with Crippen molar-refractivity contribution in [1.29, 1.82) is 0 Å². The Kier molecular flexibility index (Phi) is 7.85. The smallest absolute Gasteiger partial charge is 0.261 e. The molecule has 1 unspecified atom stereocenters. The molecule has 1 heterocycles. The van der Waals surface area contributed by atoms with Gasteiger partial charge in [0.15, 0.2) is 0 Å². The molecule has 0 aromatic carbocycles. The van der Waals surface area contributed by atoms with Gasteiger partial charge in [-0.15, -0.1) is 11.3 Å². The molecule has 0 saturated carbocycles. The maximum absolute atomic E-state index is 12.2. The minimum atomic E-state index is 0.0273. The first kappa shape index (κ1) is 17.2. The quantitative estimate of drug-likeness (QED) is 0.732. The van der Waals surface area contributed by atoms with Crippen molar-refractivity contribution >= 4 is 17.2 Å². The van der Waals surface area contributed by atoms with Gasteiger partial charge in [-0.2, -0.15) is 0 Å². The summed E-state index contributed by atoms with van der Waals surface area (Å²) in [5.74, 6) is 0.407. The predicted octanol–water partition coefficient (Wildman–Crippen LogP) is 3.54. The fourth-order valence-corrected chi connectivity index (χ4v) is 3.40. The molecule has 0 radical (unpaired) electrons. The summed E-state index contributed by atoms with van der Waals surface area (Å²) < 4.78 is 0. The zero-order valence-electron chi connectivity index (χ0n) is 12.9. The molecule has 1 aromatic rings. The third-order valence-corrected chi connectivity index (χ3v) is 4.64. The van der Waals surface area contributed by atoms with Crippen LogP contribution >= 0.6 is 11.3 Å². The number of carbonyl (C=O) groups is 1. The van der Waals surface area contributed by atoms with Gasteiger partial charge >= 0.3 is 0 Å². The summed E-state index contributed by atoms with van der Waals surface area (Å²) in [6.07, 6.45) is 5.04. The van der Waals surface area contributed by atoms with Gasteiger partial charge in [-0.1, -0.05) is 26.7 Å². The van der Waals surface area contributed by atoms with Crippen molar-refractivity contribution in [2.45, 2.75) is 52.9 Å². The number of aliphatic hydroxyl groups is 1. The highest BCUT2D eigenvalue weighted by Crippen LogP contribution is 2.23.